The minimum absolute atomic E-state index is 0. The Morgan fingerprint density at radius 1 is 1.20 bits per heavy atom. The summed E-state index contributed by atoms with van der Waals surface area (Å²) in [6.45, 7) is 13.5. The van der Waals surface area contributed by atoms with Gasteiger partial charge in [-0.05, 0) is 34.1 Å². The van der Waals surface area contributed by atoms with Crippen molar-refractivity contribution in [1.82, 2.24) is 20.4 Å². The summed E-state index contributed by atoms with van der Waals surface area (Å²) in [5.74, 6) is 0.831. The number of guanidine groups is 1. The summed E-state index contributed by atoms with van der Waals surface area (Å²) in [4.78, 5) is 4.69. The van der Waals surface area contributed by atoms with Crippen LogP contribution >= 0.6 is 24.0 Å². The molecule has 1 aromatic rings. The molecule has 25 heavy (non-hydrogen) atoms. The van der Waals surface area contributed by atoms with E-state index in [2.05, 4.69) is 34.6 Å². The number of rotatable bonds is 11. The Morgan fingerprint density at radius 2 is 1.96 bits per heavy atom. The number of halogens is 1. The van der Waals surface area contributed by atoms with Gasteiger partial charge in [-0.3, -0.25) is 4.68 Å². The van der Waals surface area contributed by atoms with Gasteiger partial charge in [-0.2, -0.15) is 5.10 Å². The molecule has 2 N–H and O–H groups in total. The van der Waals surface area contributed by atoms with E-state index < -0.39 is 0 Å². The number of nitrogens with one attached hydrogen (secondary N) is 2. The van der Waals surface area contributed by atoms with E-state index in [0.717, 1.165) is 56.6 Å². The largest absolute Gasteiger partial charge is 0.383 e. The van der Waals surface area contributed by atoms with Crippen LogP contribution in [-0.4, -0.2) is 55.8 Å². The summed E-state index contributed by atoms with van der Waals surface area (Å²) >= 11 is 0. The molecule has 146 valence electrons. The Morgan fingerprint density at radius 3 is 2.60 bits per heavy atom. The van der Waals surface area contributed by atoms with Gasteiger partial charge in [-0.1, -0.05) is 0 Å². The van der Waals surface area contributed by atoms with Gasteiger partial charge in [-0.15, -0.1) is 24.0 Å². The molecule has 0 aliphatic rings. The number of nitrogens with zero attached hydrogens (tertiary/aromatic N) is 3. The molecule has 7 nitrogen and oxygen atoms in total. The molecule has 0 aliphatic heterocycles. The maximum absolute atomic E-state index is 5.35. The highest BCUT2D eigenvalue weighted by molar-refractivity contribution is 14.0. The lowest BCUT2D eigenvalue weighted by Gasteiger charge is -2.11. The Kier molecular flexibility index (Phi) is 13.8. The summed E-state index contributed by atoms with van der Waals surface area (Å²) in [5.41, 5.74) is 3.36. The molecule has 0 spiro atoms. The van der Waals surface area contributed by atoms with Crippen LogP contribution in [0.5, 0.6) is 0 Å². The van der Waals surface area contributed by atoms with Gasteiger partial charge < -0.3 is 20.1 Å². The van der Waals surface area contributed by atoms with E-state index in [-0.39, 0.29) is 24.0 Å². The summed E-state index contributed by atoms with van der Waals surface area (Å²) in [6.07, 6.45) is 0.964. The second-order valence-corrected chi connectivity index (χ2v) is 5.54. The van der Waals surface area contributed by atoms with E-state index in [9.17, 15) is 0 Å². The average Bonchev–Trinajstić information content (AvgIpc) is 2.84. The zero-order valence-electron chi connectivity index (χ0n) is 16.2. The van der Waals surface area contributed by atoms with Crippen molar-refractivity contribution in [2.75, 3.05) is 40.0 Å². The van der Waals surface area contributed by atoms with Gasteiger partial charge in [0.05, 0.1) is 25.4 Å². The summed E-state index contributed by atoms with van der Waals surface area (Å²) in [5, 5.41) is 11.2. The Labute approximate surface area is 169 Å². The first-order valence-corrected chi connectivity index (χ1v) is 8.75. The molecule has 0 bridgehead atoms. The highest BCUT2D eigenvalue weighted by Gasteiger charge is 2.11. The van der Waals surface area contributed by atoms with Crippen LogP contribution < -0.4 is 10.6 Å². The predicted molar refractivity (Wildman–Crippen MR) is 113 cm³/mol. The number of aryl methyl sites for hydroxylation is 1. The highest BCUT2D eigenvalue weighted by Crippen LogP contribution is 2.14. The zero-order chi connectivity index (χ0) is 17.8. The van der Waals surface area contributed by atoms with Crippen LogP contribution in [0.3, 0.4) is 0 Å². The maximum Gasteiger partial charge on any atom is 0.191 e. The molecule has 0 saturated carbocycles. The second-order valence-electron chi connectivity index (χ2n) is 5.54. The van der Waals surface area contributed by atoms with Crippen LogP contribution in [0.15, 0.2) is 4.99 Å². The summed E-state index contributed by atoms with van der Waals surface area (Å²) < 4.78 is 12.5. The molecule has 0 radical (unpaired) electrons. The van der Waals surface area contributed by atoms with E-state index in [1.165, 1.54) is 5.56 Å². The topological polar surface area (TPSA) is 72.7 Å². The monoisotopic (exact) mass is 467 g/mol. The van der Waals surface area contributed by atoms with E-state index in [4.69, 9.17) is 9.47 Å². The molecular weight excluding hydrogens is 433 g/mol. The van der Waals surface area contributed by atoms with Gasteiger partial charge >= 0.3 is 0 Å². The third-order valence-corrected chi connectivity index (χ3v) is 3.74. The van der Waals surface area contributed by atoms with Crippen LogP contribution in [0, 0.1) is 13.8 Å². The average molecular weight is 467 g/mol. The van der Waals surface area contributed by atoms with Crippen molar-refractivity contribution < 1.29 is 9.47 Å². The predicted octanol–water partition coefficient (Wildman–Crippen LogP) is 2.25. The minimum atomic E-state index is 0. The third kappa shape index (κ3) is 8.87. The van der Waals surface area contributed by atoms with Crippen molar-refractivity contribution in [1.29, 1.82) is 0 Å². The highest BCUT2D eigenvalue weighted by atomic mass is 127. The Hall–Kier alpha value is -0.870. The zero-order valence-corrected chi connectivity index (χ0v) is 18.6. The fourth-order valence-electron chi connectivity index (χ4n) is 2.38. The third-order valence-electron chi connectivity index (χ3n) is 3.74. The van der Waals surface area contributed by atoms with Crippen LogP contribution in [0.4, 0.5) is 0 Å². The smallest absolute Gasteiger partial charge is 0.191 e. The number of aliphatic imine (C=N–C) groups is 1. The molecule has 0 saturated heterocycles. The van der Waals surface area contributed by atoms with E-state index in [1.54, 1.807) is 7.11 Å². The van der Waals surface area contributed by atoms with Crippen molar-refractivity contribution in [3.63, 3.8) is 0 Å². The van der Waals surface area contributed by atoms with Gasteiger partial charge in [0.1, 0.15) is 0 Å². The Balaban J connectivity index is 0.00000576. The molecule has 1 aromatic heterocycles. The number of methoxy groups -OCH3 is 1. The lowest BCUT2D eigenvalue weighted by Crippen LogP contribution is -2.38. The van der Waals surface area contributed by atoms with E-state index >= 15 is 0 Å². The lowest BCUT2D eigenvalue weighted by atomic mass is 10.2. The first kappa shape index (κ1) is 24.1. The Bertz CT molecular complexity index is 505. The molecule has 8 heteroatoms. The standard InChI is InChI=1S/C17H33N5O2.HI/c1-6-18-17(19-9-8-11-24-7-2)20-13-16-14(3)21-22(15(16)4)10-12-23-5;/h6-13H2,1-5H3,(H2,18,19,20);1H. The van der Waals surface area contributed by atoms with Gasteiger partial charge in [0.15, 0.2) is 5.96 Å². The molecule has 0 amide bonds. The molecule has 1 rings (SSSR count). The van der Waals surface area contributed by atoms with E-state index in [1.807, 2.05) is 18.5 Å². The molecule has 0 aliphatic carbocycles. The van der Waals surface area contributed by atoms with Crippen molar-refractivity contribution >= 4 is 29.9 Å². The van der Waals surface area contributed by atoms with Crippen LogP contribution in [0.25, 0.3) is 0 Å². The van der Waals surface area contributed by atoms with Gasteiger partial charge in [0.2, 0.25) is 0 Å². The van der Waals surface area contributed by atoms with Crippen molar-refractivity contribution in [3.8, 4) is 0 Å². The van der Waals surface area contributed by atoms with E-state index in [0.29, 0.717) is 13.2 Å². The van der Waals surface area contributed by atoms with Gasteiger partial charge in [0.25, 0.3) is 0 Å². The van der Waals surface area contributed by atoms with Gasteiger partial charge in [-0.25, -0.2) is 4.99 Å². The maximum atomic E-state index is 5.35. The molecule has 0 atom stereocenters. The molecule has 0 aromatic carbocycles. The minimum Gasteiger partial charge on any atom is -0.383 e. The van der Waals surface area contributed by atoms with Crippen molar-refractivity contribution in [3.05, 3.63) is 17.0 Å². The fourth-order valence-corrected chi connectivity index (χ4v) is 2.38. The molecule has 0 fully saturated rings. The quantitative estimate of drug-likeness (QED) is 0.226. The van der Waals surface area contributed by atoms with Crippen LogP contribution in [0.2, 0.25) is 0 Å². The van der Waals surface area contributed by atoms with Gasteiger partial charge in [0, 0.05) is 44.7 Å². The normalized spacial score (nSPS) is 11.3. The van der Waals surface area contributed by atoms with Crippen molar-refractivity contribution in [2.45, 2.75) is 47.2 Å². The SMILES string of the molecule is CCNC(=NCc1c(C)nn(CCOC)c1C)NCCCOCC.I. The van der Waals surface area contributed by atoms with Crippen LogP contribution in [-0.2, 0) is 22.6 Å². The summed E-state index contributed by atoms with van der Waals surface area (Å²) in [7, 11) is 1.71. The summed E-state index contributed by atoms with van der Waals surface area (Å²) in [6, 6.07) is 0. The second kappa shape index (κ2) is 14.3. The fraction of sp³-hybridized carbons (Fsp3) is 0.765. The molecule has 1 heterocycles. The first-order valence-electron chi connectivity index (χ1n) is 8.75. The molecule has 0 unspecified atom stereocenters. The van der Waals surface area contributed by atoms with Crippen LogP contribution in [0.1, 0.15) is 37.2 Å². The first-order chi connectivity index (χ1) is 11.6. The molecular formula is C17H34IN5O2. The number of ether oxygens (including phenoxy) is 2. The number of aromatic nitrogens is 2. The van der Waals surface area contributed by atoms with Crippen molar-refractivity contribution in [2.24, 2.45) is 4.99 Å². The number of hydrogen-bond donors (Lipinski definition) is 2. The lowest BCUT2D eigenvalue weighted by molar-refractivity contribution is 0.145. The number of hydrogen-bond acceptors (Lipinski definition) is 4.